The molecule has 3 aromatic rings. The van der Waals surface area contributed by atoms with E-state index < -0.39 is 11.6 Å². The molecule has 3 aliphatic heterocycles. The molecule has 0 aliphatic carbocycles. The number of esters is 1. The lowest BCUT2D eigenvalue weighted by atomic mass is 9.76. The van der Waals surface area contributed by atoms with E-state index in [1.165, 1.54) is 28.4 Å². The monoisotopic (exact) mass is 766 g/mol. The van der Waals surface area contributed by atoms with Gasteiger partial charge in [0.05, 0.1) is 44.0 Å². The number of piperidine rings is 1. The lowest BCUT2D eigenvalue weighted by Crippen LogP contribution is -2.57. The summed E-state index contributed by atoms with van der Waals surface area (Å²) in [4.78, 5) is 46.2. The van der Waals surface area contributed by atoms with Gasteiger partial charge in [-0.15, -0.1) is 0 Å². The van der Waals surface area contributed by atoms with E-state index in [4.69, 9.17) is 42.1 Å². The third-order valence-corrected chi connectivity index (χ3v) is 12.1. The minimum atomic E-state index is -0.587. The number of hydrogen-bond donors (Lipinski definition) is 1. The van der Waals surface area contributed by atoms with Crippen molar-refractivity contribution in [1.82, 2.24) is 20.0 Å². The number of methoxy groups -OCH3 is 4. The van der Waals surface area contributed by atoms with Gasteiger partial charge in [-0.2, -0.15) is 0 Å². The zero-order valence-electron chi connectivity index (χ0n) is 30.8. The van der Waals surface area contributed by atoms with Crippen LogP contribution in [0.4, 0.5) is 4.79 Å². The van der Waals surface area contributed by atoms with Gasteiger partial charge in [0.1, 0.15) is 6.04 Å². The van der Waals surface area contributed by atoms with Gasteiger partial charge in [0.25, 0.3) is 5.91 Å². The molecule has 2 atom stereocenters. The van der Waals surface area contributed by atoms with Crippen molar-refractivity contribution in [3.8, 4) is 17.2 Å². The molecular weight excluding hydrogens is 719 g/mol. The number of carbonyl (C=O) groups excluding carboxylic acids is 3. The van der Waals surface area contributed by atoms with Crippen molar-refractivity contribution in [3.05, 3.63) is 87.4 Å². The molecule has 3 amide bonds. The molecular formula is C40H48Cl2N4O7. The number of urea groups is 1. The topological polar surface area (TPSA) is 110 Å². The van der Waals surface area contributed by atoms with Gasteiger partial charge in [-0.1, -0.05) is 59.6 Å². The summed E-state index contributed by atoms with van der Waals surface area (Å²) in [5.41, 5.74) is 1.58. The van der Waals surface area contributed by atoms with Gasteiger partial charge in [-0.05, 0) is 80.5 Å². The van der Waals surface area contributed by atoms with Crippen molar-refractivity contribution in [2.24, 2.45) is 0 Å². The standard InChI is InChI=1S/C40H48Cl2N4O7/c1-50-33-23-27(24-34(51-2)35(33)52-3)36(47)45-22-15-39(26-45,29-12-13-30(41)31(42)25-29)14-19-44-20-16-40(17-21-44,28-9-6-5-7-10-28)43-38(49)46-18-8-11-32(46)37(48)53-4/h5-7,9-10,12-13,23-25,32H,8,11,14-22,26H2,1-4H3,(H,43,49). The Labute approximate surface area is 321 Å². The molecule has 3 aliphatic rings. The second-order valence-electron chi connectivity index (χ2n) is 14.1. The Kier molecular flexibility index (Phi) is 12.0. The summed E-state index contributed by atoms with van der Waals surface area (Å²) in [6.07, 6.45) is 4.28. The number of halogens is 2. The van der Waals surface area contributed by atoms with Crippen LogP contribution in [0.1, 0.15) is 60.0 Å². The molecule has 3 fully saturated rings. The molecule has 0 radical (unpaired) electrons. The van der Waals surface area contributed by atoms with Gasteiger partial charge in [0, 0.05) is 43.7 Å². The first kappa shape index (κ1) is 38.5. The summed E-state index contributed by atoms with van der Waals surface area (Å²) in [5, 5.41) is 4.34. The third-order valence-electron chi connectivity index (χ3n) is 11.4. The van der Waals surface area contributed by atoms with Crippen LogP contribution in [0, 0.1) is 0 Å². The number of likely N-dealkylation sites (tertiary alicyclic amines) is 3. The minimum Gasteiger partial charge on any atom is -0.493 e. The summed E-state index contributed by atoms with van der Waals surface area (Å²) >= 11 is 12.9. The largest absolute Gasteiger partial charge is 0.493 e. The average Bonchev–Trinajstić information content (AvgIpc) is 3.87. The van der Waals surface area contributed by atoms with Crippen LogP contribution in [0.3, 0.4) is 0 Å². The number of nitrogens with zero attached hydrogens (tertiary/aromatic N) is 3. The molecule has 3 saturated heterocycles. The minimum absolute atomic E-state index is 0.125. The molecule has 284 valence electrons. The molecule has 0 aromatic heterocycles. The number of hydrogen-bond acceptors (Lipinski definition) is 8. The molecule has 1 N–H and O–H groups in total. The first-order valence-electron chi connectivity index (χ1n) is 18.1. The fraction of sp³-hybridized carbons (Fsp3) is 0.475. The SMILES string of the molecule is COC(=O)C1CCCN1C(=O)NC1(c2ccccc2)CCN(CCC2(c3ccc(Cl)c(Cl)c3)CCN(C(=O)c3cc(OC)c(OC)c(OC)c3)C2)CC1. The van der Waals surface area contributed by atoms with Crippen LogP contribution in [0.25, 0.3) is 0 Å². The van der Waals surface area contributed by atoms with Gasteiger partial charge in [0.15, 0.2) is 11.5 Å². The molecule has 3 heterocycles. The van der Waals surface area contributed by atoms with E-state index in [2.05, 4.69) is 22.3 Å². The molecule has 3 aromatic carbocycles. The van der Waals surface area contributed by atoms with Gasteiger partial charge in [-0.25, -0.2) is 9.59 Å². The predicted molar refractivity (Wildman–Crippen MR) is 203 cm³/mol. The average molecular weight is 768 g/mol. The molecule has 0 bridgehead atoms. The van der Waals surface area contributed by atoms with Crippen LogP contribution in [0.2, 0.25) is 10.0 Å². The summed E-state index contributed by atoms with van der Waals surface area (Å²) in [7, 11) is 5.96. The van der Waals surface area contributed by atoms with E-state index in [9.17, 15) is 14.4 Å². The zero-order chi connectivity index (χ0) is 37.8. The summed E-state index contributed by atoms with van der Waals surface area (Å²) in [6.45, 7) is 3.85. The Balaban J connectivity index is 1.20. The van der Waals surface area contributed by atoms with Crippen molar-refractivity contribution >= 4 is 41.1 Å². The molecule has 53 heavy (non-hydrogen) atoms. The maximum Gasteiger partial charge on any atom is 0.328 e. The Hall–Kier alpha value is -4.19. The Morgan fingerprint density at radius 2 is 1.51 bits per heavy atom. The fourth-order valence-electron chi connectivity index (χ4n) is 8.28. The number of benzene rings is 3. The number of amides is 3. The van der Waals surface area contributed by atoms with Gasteiger partial charge in [0.2, 0.25) is 5.75 Å². The second kappa shape index (κ2) is 16.4. The van der Waals surface area contributed by atoms with Crippen molar-refractivity contribution in [3.63, 3.8) is 0 Å². The highest BCUT2D eigenvalue weighted by atomic mass is 35.5. The number of carbonyl (C=O) groups is 3. The van der Waals surface area contributed by atoms with E-state index in [0.29, 0.717) is 71.8 Å². The molecule has 11 nitrogen and oxygen atoms in total. The van der Waals surface area contributed by atoms with Gasteiger partial charge in [-0.3, -0.25) is 4.79 Å². The highest BCUT2D eigenvalue weighted by Crippen LogP contribution is 2.43. The van der Waals surface area contributed by atoms with Crippen LogP contribution in [-0.4, -0.2) is 106 Å². The summed E-state index contributed by atoms with van der Waals surface area (Å²) in [6, 6.07) is 18.4. The molecule has 0 spiro atoms. The summed E-state index contributed by atoms with van der Waals surface area (Å²) in [5.74, 6) is 0.758. The highest BCUT2D eigenvalue weighted by molar-refractivity contribution is 6.42. The Bertz CT molecular complexity index is 1780. The first-order valence-corrected chi connectivity index (χ1v) is 18.8. The van der Waals surface area contributed by atoms with E-state index in [1.807, 2.05) is 41.3 Å². The van der Waals surface area contributed by atoms with Crippen molar-refractivity contribution in [2.45, 2.75) is 55.5 Å². The van der Waals surface area contributed by atoms with E-state index in [0.717, 1.165) is 50.0 Å². The fourth-order valence-corrected chi connectivity index (χ4v) is 8.58. The lowest BCUT2D eigenvalue weighted by molar-refractivity contribution is -0.145. The van der Waals surface area contributed by atoms with E-state index >= 15 is 0 Å². The Morgan fingerprint density at radius 3 is 2.13 bits per heavy atom. The van der Waals surface area contributed by atoms with Gasteiger partial charge < -0.3 is 39.0 Å². The maximum atomic E-state index is 14.0. The normalized spacial score (nSPS) is 21.3. The zero-order valence-corrected chi connectivity index (χ0v) is 32.3. The predicted octanol–water partition coefficient (Wildman–Crippen LogP) is 6.53. The molecule has 2 unspecified atom stereocenters. The van der Waals surface area contributed by atoms with Gasteiger partial charge >= 0.3 is 12.0 Å². The smallest absolute Gasteiger partial charge is 0.328 e. The van der Waals surface area contributed by atoms with Crippen LogP contribution >= 0.6 is 23.2 Å². The highest BCUT2D eigenvalue weighted by Gasteiger charge is 2.45. The Morgan fingerprint density at radius 1 is 0.811 bits per heavy atom. The first-order chi connectivity index (χ1) is 25.6. The maximum absolute atomic E-state index is 14.0. The van der Waals surface area contributed by atoms with E-state index in [-0.39, 0.29) is 23.3 Å². The number of ether oxygens (including phenoxy) is 4. The van der Waals surface area contributed by atoms with Crippen LogP contribution < -0.4 is 19.5 Å². The molecule has 6 rings (SSSR count). The van der Waals surface area contributed by atoms with E-state index in [1.54, 1.807) is 17.0 Å². The third kappa shape index (κ3) is 7.88. The molecule has 0 saturated carbocycles. The molecule has 13 heteroatoms. The van der Waals surface area contributed by atoms with Crippen LogP contribution in [-0.2, 0) is 20.5 Å². The quantitative estimate of drug-likeness (QED) is 0.220. The number of rotatable bonds is 11. The number of nitrogens with one attached hydrogen (secondary N) is 1. The lowest BCUT2D eigenvalue weighted by Gasteiger charge is -2.44. The van der Waals surface area contributed by atoms with Crippen LogP contribution in [0.5, 0.6) is 17.2 Å². The summed E-state index contributed by atoms with van der Waals surface area (Å²) < 4.78 is 21.5. The van der Waals surface area contributed by atoms with Crippen molar-refractivity contribution in [2.75, 3.05) is 67.7 Å². The van der Waals surface area contributed by atoms with Crippen LogP contribution in [0.15, 0.2) is 60.7 Å². The van der Waals surface area contributed by atoms with Crippen molar-refractivity contribution in [1.29, 1.82) is 0 Å². The van der Waals surface area contributed by atoms with Crippen molar-refractivity contribution < 1.29 is 33.3 Å². The second-order valence-corrected chi connectivity index (χ2v) is 15.0.